The molecule has 0 aromatic carbocycles. The van der Waals surface area contributed by atoms with Crippen LogP contribution in [0.3, 0.4) is 0 Å². The van der Waals surface area contributed by atoms with Gasteiger partial charge in [0.15, 0.2) is 0 Å². The largest absolute Gasteiger partial charge is 0.477 e. The van der Waals surface area contributed by atoms with E-state index in [0.29, 0.717) is 0 Å². The van der Waals surface area contributed by atoms with E-state index in [1.165, 1.54) is 17.1 Å². The second kappa shape index (κ2) is 4.76. The van der Waals surface area contributed by atoms with Gasteiger partial charge in [0, 0.05) is 11.4 Å². The molecule has 16 heavy (non-hydrogen) atoms. The Kier molecular flexibility index (Phi) is 3.16. The number of carboxylic acids is 1. The molecule has 0 aliphatic heterocycles. The Morgan fingerprint density at radius 1 is 1.44 bits per heavy atom. The Labute approximate surface area is 96.6 Å². The summed E-state index contributed by atoms with van der Waals surface area (Å²) in [6.07, 6.45) is 1.52. The van der Waals surface area contributed by atoms with Gasteiger partial charge >= 0.3 is 5.97 Å². The Morgan fingerprint density at radius 2 is 2.31 bits per heavy atom. The van der Waals surface area contributed by atoms with Crippen molar-refractivity contribution in [3.63, 3.8) is 0 Å². The van der Waals surface area contributed by atoms with Crippen molar-refractivity contribution in [1.29, 1.82) is 0 Å². The third-order valence-corrected chi connectivity index (χ3v) is 2.91. The van der Waals surface area contributed by atoms with E-state index in [1.807, 2.05) is 17.5 Å². The van der Waals surface area contributed by atoms with Crippen LogP contribution in [0, 0.1) is 0 Å². The van der Waals surface area contributed by atoms with Crippen LogP contribution in [0.25, 0.3) is 0 Å². The van der Waals surface area contributed by atoms with Gasteiger partial charge in [-0.15, -0.1) is 11.3 Å². The Hall–Kier alpha value is -1.88. The number of carbonyl (C=O) groups is 1. The molecular formula is C11H10N2O2S. The third-order valence-electron chi connectivity index (χ3n) is 2.03. The molecule has 0 atom stereocenters. The number of nitrogens with one attached hydrogen (secondary N) is 1. The van der Waals surface area contributed by atoms with Crippen LogP contribution < -0.4 is 5.32 Å². The fraction of sp³-hybridized carbons (Fsp3) is 0.0909. The molecule has 0 unspecified atom stereocenters. The minimum atomic E-state index is -1.01. The van der Waals surface area contributed by atoms with Crippen LogP contribution in [0.1, 0.15) is 15.4 Å². The van der Waals surface area contributed by atoms with Gasteiger partial charge in [-0.25, -0.2) is 9.78 Å². The molecule has 2 aromatic heterocycles. The van der Waals surface area contributed by atoms with E-state index in [1.54, 1.807) is 17.4 Å². The highest BCUT2D eigenvalue weighted by Gasteiger charge is 2.03. The summed E-state index contributed by atoms with van der Waals surface area (Å²) in [5.41, 5.74) is 0.875. The second-order valence-corrected chi connectivity index (χ2v) is 4.20. The fourth-order valence-corrected chi connectivity index (χ4v) is 1.87. The van der Waals surface area contributed by atoms with Gasteiger partial charge in [0.05, 0.1) is 11.9 Å². The van der Waals surface area contributed by atoms with E-state index in [0.717, 1.165) is 12.2 Å². The summed E-state index contributed by atoms with van der Waals surface area (Å²) in [6.45, 7) is 0.728. The minimum absolute atomic E-state index is 0.0571. The zero-order valence-electron chi connectivity index (χ0n) is 8.38. The number of hydrogen-bond donors (Lipinski definition) is 2. The van der Waals surface area contributed by atoms with Crippen molar-refractivity contribution in [1.82, 2.24) is 4.98 Å². The molecule has 0 bridgehead atoms. The van der Waals surface area contributed by atoms with Crippen LogP contribution in [0.2, 0.25) is 0 Å². The normalized spacial score (nSPS) is 10.0. The summed E-state index contributed by atoms with van der Waals surface area (Å²) in [4.78, 5) is 15.6. The average Bonchev–Trinajstić information content (AvgIpc) is 2.80. The standard InChI is InChI=1S/C11H10N2O2S/c14-11(15)10-4-3-8(6-13-10)12-7-9-2-1-5-16-9/h1-6,12H,7H2,(H,14,15). The first-order valence-electron chi connectivity index (χ1n) is 4.71. The van der Waals surface area contributed by atoms with Crippen molar-refractivity contribution in [2.45, 2.75) is 6.54 Å². The predicted octanol–water partition coefficient (Wildman–Crippen LogP) is 2.45. The summed E-state index contributed by atoms with van der Waals surface area (Å²) < 4.78 is 0. The average molecular weight is 234 g/mol. The number of nitrogens with zero attached hydrogens (tertiary/aromatic N) is 1. The van der Waals surface area contributed by atoms with E-state index in [-0.39, 0.29) is 5.69 Å². The maximum absolute atomic E-state index is 10.6. The van der Waals surface area contributed by atoms with Gasteiger partial charge in [-0.05, 0) is 23.6 Å². The first kappa shape index (κ1) is 10.6. The molecule has 0 amide bonds. The molecule has 0 saturated carbocycles. The number of aromatic nitrogens is 1. The second-order valence-electron chi connectivity index (χ2n) is 3.17. The topological polar surface area (TPSA) is 62.2 Å². The van der Waals surface area contributed by atoms with Crippen LogP contribution in [0.15, 0.2) is 35.8 Å². The van der Waals surface area contributed by atoms with Crippen LogP contribution in [0.5, 0.6) is 0 Å². The van der Waals surface area contributed by atoms with Crippen LogP contribution in [-0.4, -0.2) is 16.1 Å². The van der Waals surface area contributed by atoms with E-state index >= 15 is 0 Å². The summed E-state index contributed by atoms with van der Waals surface area (Å²) in [5, 5.41) is 13.9. The Morgan fingerprint density at radius 3 is 2.88 bits per heavy atom. The number of aromatic carboxylic acids is 1. The monoisotopic (exact) mass is 234 g/mol. The molecule has 0 saturated heterocycles. The number of thiophene rings is 1. The van der Waals surface area contributed by atoms with Gasteiger partial charge in [0.2, 0.25) is 0 Å². The SMILES string of the molecule is O=C(O)c1ccc(NCc2cccs2)cn1. The van der Waals surface area contributed by atoms with Crippen molar-refractivity contribution in [3.8, 4) is 0 Å². The molecule has 2 N–H and O–H groups in total. The molecule has 4 nitrogen and oxygen atoms in total. The molecule has 0 spiro atoms. The third kappa shape index (κ3) is 2.58. The van der Waals surface area contributed by atoms with Crippen molar-refractivity contribution in [2.24, 2.45) is 0 Å². The number of pyridine rings is 1. The van der Waals surface area contributed by atoms with Crippen LogP contribution >= 0.6 is 11.3 Å². The van der Waals surface area contributed by atoms with Gasteiger partial charge in [-0.2, -0.15) is 0 Å². The molecule has 5 heteroatoms. The zero-order chi connectivity index (χ0) is 11.4. The Bertz CT molecular complexity index is 465. The first-order valence-corrected chi connectivity index (χ1v) is 5.59. The van der Waals surface area contributed by atoms with E-state index in [4.69, 9.17) is 5.11 Å². The lowest BCUT2D eigenvalue weighted by Gasteiger charge is -2.04. The fourth-order valence-electron chi connectivity index (χ4n) is 1.23. The summed E-state index contributed by atoms with van der Waals surface area (Å²) in [7, 11) is 0. The Balaban J connectivity index is 1.98. The molecule has 0 aliphatic rings. The summed E-state index contributed by atoms with van der Waals surface area (Å²) in [6, 6.07) is 7.23. The lowest BCUT2D eigenvalue weighted by Crippen LogP contribution is -2.02. The molecule has 82 valence electrons. The van der Waals surface area contributed by atoms with E-state index < -0.39 is 5.97 Å². The molecular weight excluding hydrogens is 224 g/mol. The number of rotatable bonds is 4. The molecule has 0 aliphatic carbocycles. The summed E-state index contributed by atoms with van der Waals surface area (Å²) in [5.74, 6) is -1.01. The quantitative estimate of drug-likeness (QED) is 0.853. The van der Waals surface area contributed by atoms with Crippen molar-refractivity contribution in [2.75, 3.05) is 5.32 Å². The van der Waals surface area contributed by atoms with Gasteiger partial charge in [-0.3, -0.25) is 0 Å². The van der Waals surface area contributed by atoms with E-state index in [9.17, 15) is 4.79 Å². The van der Waals surface area contributed by atoms with E-state index in [2.05, 4.69) is 10.3 Å². The van der Waals surface area contributed by atoms with Gasteiger partial charge in [-0.1, -0.05) is 6.07 Å². The molecule has 0 radical (unpaired) electrons. The minimum Gasteiger partial charge on any atom is -0.477 e. The zero-order valence-corrected chi connectivity index (χ0v) is 9.20. The highest BCUT2D eigenvalue weighted by Crippen LogP contribution is 2.12. The smallest absolute Gasteiger partial charge is 0.354 e. The highest BCUT2D eigenvalue weighted by molar-refractivity contribution is 7.09. The molecule has 2 heterocycles. The van der Waals surface area contributed by atoms with Gasteiger partial charge < -0.3 is 10.4 Å². The van der Waals surface area contributed by atoms with Crippen molar-refractivity contribution in [3.05, 3.63) is 46.4 Å². The molecule has 2 aromatic rings. The lowest BCUT2D eigenvalue weighted by atomic mass is 10.3. The maximum atomic E-state index is 10.6. The number of carboxylic acid groups (broad SMARTS) is 1. The first-order chi connectivity index (χ1) is 7.75. The molecule has 0 fully saturated rings. The predicted molar refractivity (Wildman–Crippen MR) is 62.8 cm³/mol. The van der Waals surface area contributed by atoms with Crippen LogP contribution in [-0.2, 0) is 6.54 Å². The maximum Gasteiger partial charge on any atom is 0.354 e. The lowest BCUT2D eigenvalue weighted by molar-refractivity contribution is 0.0690. The summed E-state index contributed by atoms with van der Waals surface area (Å²) >= 11 is 1.67. The number of anilines is 1. The van der Waals surface area contributed by atoms with Crippen LogP contribution in [0.4, 0.5) is 5.69 Å². The van der Waals surface area contributed by atoms with Crippen molar-refractivity contribution >= 4 is 23.0 Å². The molecule has 2 rings (SSSR count). The van der Waals surface area contributed by atoms with Crippen molar-refractivity contribution < 1.29 is 9.90 Å². The highest BCUT2D eigenvalue weighted by atomic mass is 32.1. The van der Waals surface area contributed by atoms with Gasteiger partial charge in [0.25, 0.3) is 0 Å². The number of hydrogen-bond acceptors (Lipinski definition) is 4. The van der Waals surface area contributed by atoms with Gasteiger partial charge in [0.1, 0.15) is 5.69 Å².